The fourth-order valence-electron chi connectivity index (χ4n) is 3.42. The van der Waals surface area contributed by atoms with Crippen LogP contribution in [0.2, 0.25) is 0 Å². The Labute approximate surface area is 159 Å². The Bertz CT molecular complexity index is 937. The SMILES string of the molecule is CCc1nc2ccnc(-c3cc(F)c(OC)cc3C)c2n1CCCCOC. The topological polar surface area (TPSA) is 49.2 Å². The van der Waals surface area contributed by atoms with E-state index in [-0.39, 0.29) is 5.75 Å². The van der Waals surface area contributed by atoms with Gasteiger partial charge in [-0.25, -0.2) is 9.37 Å². The zero-order chi connectivity index (χ0) is 19.4. The smallest absolute Gasteiger partial charge is 0.165 e. The number of benzene rings is 1. The van der Waals surface area contributed by atoms with Crippen molar-refractivity contribution in [1.82, 2.24) is 14.5 Å². The van der Waals surface area contributed by atoms with Gasteiger partial charge in [-0.3, -0.25) is 4.98 Å². The van der Waals surface area contributed by atoms with E-state index >= 15 is 0 Å². The van der Waals surface area contributed by atoms with Gasteiger partial charge in [-0.15, -0.1) is 0 Å². The summed E-state index contributed by atoms with van der Waals surface area (Å²) in [6.07, 6.45) is 4.52. The third kappa shape index (κ3) is 3.81. The highest BCUT2D eigenvalue weighted by atomic mass is 19.1. The number of hydrogen-bond acceptors (Lipinski definition) is 4. The zero-order valence-corrected chi connectivity index (χ0v) is 16.4. The number of unbranched alkanes of at least 4 members (excludes halogenated alkanes) is 1. The maximum atomic E-state index is 14.4. The summed E-state index contributed by atoms with van der Waals surface area (Å²) in [6.45, 7) is 5.61. The van der Waals surface area contributed by atoms with Gasteiger partial charge in [-0.05, 0) is 43.5 Å². The predicted octanol–water partition coefficient (Wildman–Crippen LogP) is 4.54. The van der Waals surface area contributed by atoms with Gasteiger partial charge in [0.05, 0.1) is 23.8 Å². The number of methoxy groups -OCH3 is 2. The van der Waals surface area contributed by atoms with Crippen LogP contribution in [0.3, 0.4) is 0 Å². The molecule has 0 aliphatic rings. The molecule has 3 aromatic rings. The number of aryl methyl sites for hydroxylation is 3. The molecule has 0 radical (unpaired) electrons. The van der Waals surface area contributed by atoms with E-state index < -0.39 is 5.82 Å². The van der Waals surface area contributed by atoms with Gasteiger partial charge in [0.1, 0.15) is 5.82 Å². The number of fused-ring (bicyclic) bond motifs is 1. The molecule has 0 saturated heterocycles. The zero-order valence-electron chi connectivity index (χ0n) is 16.4. The molecule has 6 heteroatoms. The largest absolute Gasteiger partial charge is 0.494 e. The number of halogens is 1. The van der Waals surface area contributed by atoms with E-state index in [1.807, 2.05) is 13.0 Å². The van der Waals surface area contributed by atoms with E-state index in [0.29, 0.717) is 0 Å². The van der Waals surface area contributed by atoms with Crippen LogP contribution >= 0.6 is 0 Å². The molecule has 0 saturated carbocycles. The lowest BCUT2D eigenvalue weighted by atomic mass is 10.0. The Balaban J connectivity index is 2.13. The van der Waals surface area contributed by atoms with Gasteiger partial charge in [0, 0.05) is 38.4 Å². The first-order valence-corrected chi connectivity index (χ1v) is 9.28. The lowest BCUT2D eigenvalue weighted by Gasteiger charge is -2.13. The molecule has 27 heavy (non-hydrogen) atoms. The molecule has 2 aromatic heterocycles. The standard InChI is InChI=1S/C21H26FN3O2/c1-5-19-24-17-8-9-23-20(21(17)25(19)10-6-7-11-26-3)15-13-16(22)18(27-4)12-14(15)2/h8-9,12-13H,5-7,10-11H2,1-4H3. The van der Waals surface area contributed by atoms with Crippen LogP contribution in [-0.2, 0) is 17.7 Å². The van der Waals surface area contributed by atoms with Crippen LogP contribution in [0.5, 0.6) is 5.75 Å². The summed E-state index contributed by atoms with van der Waals surface area (Å²) < 4.78 is 26.9. The quantitative estimate of drug-likeness (QED) is 0.545. The number of imidazole rings is 1. The van der Waals surface area contributed by atoms with Gasteiger partial charge in [0.2, 0.25) is 0 Å². The highest BCUT2D eigenvalue weighted by Gasteiger charge is 2.18. The van der Waals surface area contributed by atoms with Crippen molar-refractivity contribution in [3.05, 3.63) is 41.6 Å². The lowest BCUT2D eigenvalue weighted by Crippen LogP contribution is -2.06. The van der Waals surface area contributed by atoms with Crippen molar-refractivity contribution in [3.63, 3.8) is 0 Å². The van der Waals surface area contributed by atoms with Gasteiger partial charge in [-0.2, -0.15) is 0 Å². The highest BCUT2D eigenvalue weighted by molar-refractivity contribution is 5.91. The Morgan fingerprint density at radius 1 is 1.19 bits per heavy atom. The molecule has 0 aliphatic carbocycles. The van der Waals surface area contributed by atoms with Crippen molar-refractivity contribution < 1.29 is 13.9 Å². The molecule has 0 aliphatic heterocycles. The minimum atomic E-state index is -0.390. The average Bonchev–Trinajstić information content (AvgIpc) is 3.04. The molecule has 0 bridgehead atoms. The number of rotatable bonds is 8. The van der Waals surface area contributed by atoms with Crippen molar-refractivity contribution in [2.45, 2.75) is 39.7 Å². The van der Waals surface area contributed by atoms with Crippen LogP contribution < -0.4 is 4.74 Å². The summed E-state index contributed by atoms with van der Waals surface area (Å²) in [5.41, 5.74) is 4.28. The fourth-order valence-corrected chi connectivity index (χ4v) is 3.42. The number of pyridine rings is 1. The Hall–Kier alpha value is -2.47. The van der Waals surface area contributed by atoms with Gasteiger partial charge in [0.25, 0.3) is 0 Å². The third-order valence-corrected chi connectivity index (χ3v) is 4.78. The molecule has 1 aromatic carbocycles. The first-order valence-electron chi connectivity index (χ1n) is 9.28. The van der Waals surface area contributed by atoms with E-state index in [9.17, 15) is 4.39 Å². The summed E-state index contributed by atoms with van der Waals surface area (Å²) >= 11 is 0. The van der Waals surface area contributed by atoms with Crippen LogP contribution in [0.4, 0.5) is 4.39 Å². The summed E-state index contributed by atoms with van der Waals surface area (Å²) in [6, 6.07) is 5.13. The van der Waals surface area contributed by atoms with Crippen LogP contribution in [0.15, 0.2) is 24.4 Å². The van der Waals surface area contributed by atoms with Crippen molar-refractivity contribution in [3.8, 4) is 17.0 Å². The summed E-state index contributed by atoms with van der Waals surface area (Å²) in [4.78, 5) is 9.37. The van der Waals surface area contributed by atoms with Crippen molar-refractivity contribution >= 4 is 11.0 Å². The molecule has 0 atom stereocenters. The molecule has 3 rings (SSSR count). The molecule has 2 heterocycles. The molecular formula is C21H26FN3O2. The van der Waals surface area contributed by atoms with Crippen LogP contribution in [0.1, 0.15) is 31.2 Å². The van der Waals surface area contributed by atoms with Crippen molar-refractivity contribution in [2.75, 3.05) is 20.8 Å². The summed E-state index contributed by atoms with van der Waals surface area (Å²) in [5, 5.41) is 0. The van der Waals surface area contributed by atoms with E-state index in [0.717, 1.165) is 66.1 Å². The van der Waals surface area contributed by atoms with E-state index in [1.54, 1.807) is 19.4 Å². The van der Waals surface area contributed by atoms with Crippen molar-refractivity contribution in [1.29, 1.82) is 0 Å². The second-order valence-corrected chi connectivity index (χ2v) is 6.56. The fraction of sp³-hybridized carbons (Fsp3) is 0.429. The first-order chi connectivity index (χ1) is 13.1. The van der Waals surface area contributed by atoms with Crippen LogP contribution in [-0.4, -0.2) is 35.4 Å². The molecule has 0 amide bonds. The lowest BCUT2D eigenvalue weighted by molar-refractivity contribution is 0.191. The Kier molecular flexibility index (Phi) is 6.06. The Morgan fingerprint density at radius 2 is 2.00 bits per heavy atom. The summed E-state index contributed by atoms with van der Waals surface area (Å²) in [5.74, 6) is 0.868. The average molecular weight is 371 g/mol. The monoisotopic (exact) mass is 371 g/mol. The second-order valence-electron chi connectivity index (χ2n) is 6.56. The van der Waals surface area contributed by atoms with Gasteiger partial charge >= 0.3 is 0 Å². The van der Waals surface area contributed by atoms with E-state index in [4.69, 9.17) is 14.5 Å². The van der Waals surface area contributed by atoms with Crippen LogP contribution in [0.25, 0.3) is 22.3 Å². The minimum absolute atomic E-state index is 0.241. The normalized spacial score (nSPS) is 11.3. The molecule has 0 unspecified atom stereocenters. The maximum absolute atomic E-state index is 14.4. The maximum Gasteiger partial charge on any atom is 0.165 e. The molecule has 0 spiro atoms. The first kappa shape index (κ1) is 19.3. The van der Waals surface area contributed by atoms with E-state index in [1.165, 1.54) is 13.2 Å². The van der Waals surface area contributed by atoms with Crippen molar-refractivity contribution in [2.24, 2.45) is 0 Å². The molecule has 0 fully saturated rings. The third-order valence-electron chi connectivity index (χ3n) is 4.78. The molecule has 144 valence electrons. The Morgan fingerprint density at radius 3 is 2.70 bits per heavy atom. The predicted molar refractivity (Wildman–Crippen MR) is 105 cm³/mol. The molecule has 0 N–H and O–H groups in total. The van der Waals surface area contributed by atoms with Gasteiger partial charge < -0.3 is 14.0 Å². The molecule has 5 nitrogen and oxygen atoms in total. The molecular weight excluding hydrogens is 345 g/mol. The minimum Gasteiger partial charge on any atom is -0.494 e. The number of ether oxygens (including phenoxy) is 2. The van der Waals surface area contributed by atoms with E-state index in [2.05, 4.69) is 16.5 Å². The summed E-state index contributed by atoms with van der Waals surface area (Å²) in [7, 11) is 3.19. The van der Waals surface area contributed by atoms with Crippen LogP contribution in [0, 0.1) is 12.7 Å². The second kappa shape index (κ2) is 8.48. The van der Waals surface area contributed by atoms with Gasteiger partial charge in [0.15, 0.2) is 11.6 Å². The highest BCUT2D eigenvalue weighted by Crippen LogP contribution is 2.33. The number of hydrogen-bond donors (Lipinski definition) is 0. The number of nitrogens with zero attached hydrogens (tertiary/aromatic N) is 3. The van der Waals surface area contributed by atoms with Gasteiger partial charge in [-0.1, -0.05) is 6.92 Å². The number of aromatic nitrogens is 3.